The molecule has 0 aliphatic rings. The molecule has 110 valence electrons. The first-order valence-electron chi connectivity index (χ1n) is 6.39. The first-order chi connectivity index (χ1) is 8.81. The SMILES string of the molecule is CCC(CC)C(C)NC(=O)N[C@@H](CC(N)=O)C(=O)O. The first kappa shape index (κ1) is 17.2. The predicted octanol–water partition coefficient (Wildman–Crippen LogP) is 0.439. The number of carbonyl (C=O) groups excluding carboxylic acids is 2. The van der Waals surface area contributed by atoms with E-state index in [4.69, 9.17) is 10.8 Å². The summed E-state index contributed by atoms with van der Waals surface area (Å²) in [4.78, 5) is 33.2. The van der Waals surface area contributed by atoms with Crippen molar-refractivity contribution in [3.63, 3.8) is 0 Å². The zero-order chi connectivity index (χ0) is 15.0. The van der Waals surface area contributed by atoms with Gasteiger partial charge in [-0.05, 0) is 12.8 Å². The molecule has 0 heterocycles. The van der Waals surface area contributed by atoms with Crippen LogP contribution in [0.4, 0.5) is 4.79 Å². The van der Waals surface area contributed by atoms with Crippen LogP contribution >= 0.6 is 0 Å². The van der Waals surface area contributed by atoms with E-state index in [1.165, 1.54) is 0 Å². The van der Waals surface area contributed by atoms with Crippen LogP contribution in [0, 0.1) is 5.92 Å². The molecular formula is C12H23N3O4. The number of carboxylic acid groups (broad SMARTS) is 1. The van der Waals surface area contributed by atoms with Gasteiger partial charge in [0.1, 0.15) is 6.04 Å². The van der Waals surface area contributed by atoms with Crippen LogP contribution in [-0.4, -0.2) is 35.1 Å². The third-order valence-corrected chi connectivity index (χ3v) is 3.12. The summed E-state index contributed by atoms with van der Waals surface area (Å²) >= 11 is 0. The minimum Gasteiger partial charge on any atom is -0.480 e. The predicted molar refractivity (Wildman–Crippen MR) is 70.4 cm³/mol. The Kier molecular flexibility index (Phi) is 7.55. The normalized spacial score (nSPS) is 13.7. The van der Waals surface area contributed by atoms with Gasteiger partial charge in [-0.1, -0.05) is 26.7 Å². The summed E-state index contributed by atoms with van der Waals surface area (Å²) in [6.45, 7) is 5.91. The fourth-order valence-corrected chi connectivity index (χ4v) is 1.92. The highest BCUT2D eigenvalue weighted by atomic mass is 16.4. The van der Waals surface area contributed by atoms with E-state index >= 15 is 0 Å². The number of hydrogen-bond donors (Lipinski definition) is 4. The van der Waals surface area contributed by atoms with Gasteiger partial charge < -0.3 is 21.5 Å². The monoisotopic (exact) mass is 273 g/mol. The fourth-order valence-electron chi connectivity index (χ4n) is 1.92. The van der Waals surface area contributed by atoms with E-state index < -0.39 is 30.4 Å². The van der Waals surface area contributed by atoms with Gasteiger partial charge in [0.25, 0.3) is 0 Å². The van der Waals surface area contributed by atoms with Crippen molar-refractivity contribution in [1.82, 2.24) is 10.6 Å². The summed E-state index contributed by atoms with van der Waals surface area (Å²) in [6, 6.07) is -1.97. The molecule has 19 heavy (non-hydrogen) atoms. The average Bonchev–Trinajstić information content (AvgIpc) is 2.28. The molecule has 0 rings (SSSR count). The van der Waals surface area contributed by atoms with Crippen molar-refractivity contribution in [2.45, 2.75) is 52.1 Å². The zero-order valence-corrected chi connectivity index (χ0v) is 11.6. The molecule has 0 saturated heterocycles. The second-order valence-electron chi connectivity index (χ2n) is 4.54. The molecule has 0 aromatic carbocycles. The third-order valence-electron chi connectivity index (χ3n) is 3.12. The van der Waals surface area contributed by atoms with Crippen molar-refractivity contribution in [2.24, 2.45) is 11.7 Å². The summed E-state index contributed by atoms with van der Waals surface area (Å²) in [5, 5.41) is 13.8. The summed E-state index contributed by atoms with van der Waals surface area (Å²) in [5.74, 6) is -1.74. The molecule has 0 radical (unpaired) electrons. The second-order valence-corrected chi connectivity index (χ2v) is 4.54. The molecule has 0 aliphatic heterocycles. The summed E-state index contributed by atoms with van der Waals surface area (Å²) in [7, 11) is 0. The van der Waals surface area contributed by atoms with Crippen molar-refractivity contribution < 1.29 is 19.5 Å². The van der Waals surface area contributed by atoms with Gasteiger partial charge in [-0.15, -0.1) is 0 Å². The summed E-state index contributed by atoms with van der Waals surface area (Å²) < 4.78 is 0. The lowest BCUT2D eigenvalue weighted by Gasteiger charge is -2.23. The number of carbonyl (C=O) groups is 3. The molecule has 0 aromatic rings. The molecule has 2 atom stereocenters. The Hall–Kier alpha value is -1.79. The van der Waals surface area contributed by atoms with Crippen LogP contribution in [0.15, 0.2) is 0 Å². The van der Waals surface area contributed by atoms with Crippen LogP contribution in [0.3, 0.4) is 0 Å². The maximum absolute atomic E-state index is 11.6. The Morgan fingerprint density at radius 3 is 2.05 bits per heavy atom. The number of nitrogens with one attached hydrogen (secondary N) is 2. The Balaban J connectivity index is 4.41. The number of carboxylic acids is 1. The highest BCUT2D eigenvalue weighted by Crippen LogP contribution is 2.12. The minimum absolute atomic E-state index is 0.0713. The van der Waals surface area contributed by atoms with E-state index in [2.05, 4.69) is 10.6 Å². The lowest BCUT2D eigenvalue weighted by molar-refractivity contribution is -0.140. The van der Waals surface area contributed by atoms with Crippen LogP contribution < -0.4 is 16.4 Å². The van der Waals surface area contributed by atoms with E-state index in [-0.39, 0.29) is 6.04 Å². The maximum Gasteiger partial charge on any atom is 0.326 e. The van der Waals surface area contributed by atoms with E-state index in [1.807, 2.05) is 20.8 Å². The first-order valence-corrected chi connectivity index (χ1v) is 6.39. The van der Waals surface area contributed by atoms with Gasteiger partial charge >= 0.3 is 12.0 Å². The van der Waals surface area contributed by atoms with Gasteiger partial charge in [0, 0.05) is 6.04 Å². The molecule has 0 bridgehead atoms. The van der Waals surface area contributed by atoms with E-state index in [1.54, 1.807) is 0 Å². The second kappa shape index (κ2) is 8.34. The summed E-state index contributed by atoms with van der Waals surface area (Å²) in [6.07, 6.45) is 1.41. The molecule has 0 saturated carbocycles. The highest BCUT2D eigenvalue weighted by molar-refractivity contribution is 5.87. The zero-order valence-electron chi connectivity index (χ0n) is 11.6. The van der Waals surface area contributed by atoms with Crippen LogP contribution in [0.2, 0.25) is 0 Å². The topological polar surface area (TPSA) is 122 Å². The van der Waals surface area contributed by atoms with E-state index in [0.717, 1.165) is 12.8 Å². The van der Waals surface area contributed by atoms with Crippen LogP contribution in [0.5, 0.6) is 0 Å². The molecule has 7 heteroatoms. The Labute approximate surface area is 112 Å². The highest BCUT2D eigenvalue weighted by Gasteiger charge is 2.23. The van der Waals surface area contributed by atoms with Crippen molar-refractivity contribution in [3.8, 4) is 0 Å². The van der Waals surface area contributed by atoms with E-state index in [0.29, 0.717) is 5.92 Å². The largest absolute Gasteiger partial charge is 0.480 e. The number of urea groups is 1. The number of rotatable bonds is 8. The Morgan fingerprint density at radius 2 is 1.68 bits per heavy atom. The maximum atomic E-state index is 11.6. The standard InChI is InChI=1S/C12H23N3O4/c1-4-8(5-2)7(3)14-12(19)15-9(11(17)18)6-10(13)16/h7-9H,4-6H2,1-3H3,(H2,13,16)(H,17,18)(H2,14,15,19)/t7?,9-/m0/s1. The molecule has 0 spiro atoms. The van der Waals surface area contributed by atoms with Gasteiger partial charge in [0.15, 0.2) is 0 Å². The number of primary amides is 1. The lowest BCUT2D eigenvalue weighted by Crippen LogP contribution is -2.50. The molecule has 0 fully saturated rings. The van der Waals surface area contributed by atoms with Crippen LogP contribution in [-0.2, 0) is 9.59 Å². The summed E-state index contributed by atoms with van der Waals surface area (Å²) in [5.41, 5.74) is 4.93. The molecule has 5 N–H and O–H groups in total. The van der Waals surface area contributed by atoms with Gasteiger partial charge in [-0.2, -0.15) is 0 Å². The number of hydrogen-bond acceptors (Lipinski definition) is 3. The number of aliphatic carboxylic acids is 1. The van der Waals surface area contributed by atoms with Gasteiger partial charge in [0.2, 0.25) is 5.91 Å². The molecule has 0 aliphatic carbocycles. The smallest absolute Gasteiger partial charge is 0.326 e. The Morgan fingerprint density at radius 1 is 1.16 bits per heavy atom. The Bertz CT molecular complexity index is 329. The molecule has 1 unspecified atom stereocenters. The van der Waals surface area contributed by atoms with Crippen molar-refractivity contribution in [2.75, 3.05) is 0 Å². The van der Waals surface area contributed by atoms with Crippen molar-refractivity contribution in [3.05, 3.63) is 0 Å². The number of nitrogens with two attached hydrogens (primary N) is 1. The molecular weight excluding hydrogens is 250 g/mol. The molecule has 3 amide bonds. The van der Waals surface area contributed by atoms with Crippen molar-refractivity contribution in [1.29, 1.82) is 0 Å². The van der Waals surface area contributed by atoms with E-state index in [9.17, 15) is 14.4 Å². The lowest BCUT2D eigenvalue weighted by atomic mass is 9.96. The van der Waals surface area contributed by atoms with Crippen LogP contribution in [0.25, 0.3) is 0 Å². The van der Waals surface area contributed by atoms with Gasteiger partial charge in [0.05, 0.1) is 6.42 Å². The fraction of sp³-hybridized carbons (Fsp3) is 0.750. The molecule has 7 nitrogen and oxygen atoms in total. The van der Waals surface area contributed by atoms with Gasteiger partial charge in [-0.25, -0.2) is 9.59 Å². The third kappa shape index (κ3) is 6.64. The van der Waals surface area contributed by atoms with Crippen LogP contribution in [0.1, 0.15) is 40.0 Å². The quantitative estimate of drug-likeness (QED) is 0.512. The van der Waals surface area contributed by atoms with Crippen molar-refractivity contribution >= 4 is 17.9 Å². The molecule has 0 aromatic heterocycles. The van der Waals surface area contributed by atoms with Gasteiger partial charge in [-0.3, -0.25) is 4.79 Å². The average molecular weight is 273 g/mol. The number of amides is 3. The minimum atomic E-state index is -1.30.